The van der Waals surface area contributed by atoms with Gasteiger partial charge in [-0.15, -0.1) is 13.2 Å². The maximum Gasteiger partial charge on any atom is 0.573 e. The van der Waals surface area contributed by atoms with Gasteiger partial charge in [-0.2, -0.15) is 0 Å². The van der Waals surface area contributed by atoms with Crippen molar-refractivity contribution in [3.8, 4) is 17.2 Å². The molecule has 0 aliphatic carbocycles. The zero-order chi connectivity index (χ0) is 27.0. The molecule has 10 heteroatoms. The molecular weight excluding hydrogens is 503 g/mol. The van der Waals surface area contributed by atoms with Gasteiger partial charge in [0, 0.05) is 15.9 Å². The first-order chi connectivity index (χ1) is 18.1. The molecule has 0 spiro atoms. The number of benzene rings is 3. The van der Waals surface area contributed by atoms with E-state index in [2.05, 4.69) is 4.74 Å². The number of ether oxygens (including phenoxy) is 4. The normalized spacial score (nSPS) is 16.9. The second-order valence-electron chi connectivity index (χ2n) is 8.92. The first-order valence-corrected chi connectivity index (χ1v) is 11.8. The number of carbonyl (C=O) groups excluding carboxylic acids is 1. The number of nitrogens with zero attached hydrogens (tertiary/aromatic N) is 1. The first kappa shape index (κ1) is 25.5. The Morgan fingerprint density at radius 3 is 2.45 bits per heavy atom. The molecule has 2 heterocycles. The van der Waals surface area contributed by atoms with Gasteiger partial charge in [0.1, 0.15) is 23.4 Å². The Hall–Kier alpha value is -4.18. The van der Waals surface area contributed by atoms with E-state index in [4.69, 9.17) is 19.3 Å². The van der Waals surface area contributed by atoms with Gasteiger partial charge in [-0.3, -0.25) is 0 Å². The minimum atomic E-state index is -4.81. The summed E-state index contributed by atoms with van der Waals surface area (Å²) in [6.07, 6.45) is -4.97. The molecule has 0 saturated carbocycles. The van der Waals surface area contributed by atoms with Crippen LogP contribution in [-0.4, -0.2) is 35.7 Å². The fourth-order valence-electron chi connectivity index (χ4n) is 4.67. The Kier molecular flexibility index (Phi) is 6.66. The van der Waals surface area contributed by atoms with Crippen LogP contribution in [0.5, 0.6) is 17.2 Å². The van der Waals surface area contributed by atoms with Gasteiger partial charge in [0.2, 0.25) is 6.61 Å². The molecular formula is C28H25F3NO6+. The first-order valence-electron chi connectivity index (χ1n) is 11.8. The van der Waals surface area contributed by atoms with Crippen molar-refractivity contribution in [3.05, 3.63) is 89.1 Å². The molecule has 5 rings (SSSR count). The maximum atomic E-state index is 13.0. The van der Waals surface area contributed by atoms with Crippen molar-refractivity contribution in [3.63, 3.8) is 0 Å². The molecule has 0 amide bonds. The molecule has 4 aromatic rings. The van der Waals surface area contributed by atoms with Gasteiger partial charge in [-0.1, -0.05) is 24.3 Å². The van der Waals surface area contributed by atoms with Crippen LogP contribution < -0.4 is 14.2 Å². The lowest BCUT2D eigenvalue weighted by Gasteiger charge is -2.09. The van der Waals surface area contributed by atoms with E-state index in [9.17, 15) is 18.0 Å². The van der Waals surface area contributed by atoms with Crippen LogP contribution in [0.1, 0.15) is 34.7 Å². The van der Waals surface area contributed by atoms with Crippen molar-refractivity contribution < 1.29 is 42.0 Å². The summed E-state index contributed by atoms with van der Waals surface area (Å²) in [6, 6.07) is 18.9. The Labute approximate surface area is 215 Å². The summed E-state index contributed by atoms with van der Waals surface area (Å²) >= 11 is 0. The molecule has 2 N–H and O–H groups in total. The van der Waals surface area contributed by atoms with Crippen LogP contribution in [0.4, 0.5) is 13.2 Å². The zero-order valence-electron chi connectivity index (χ0n) is 20.5. The molecule has 1 aliphatic rings. The fraction of sp³-hybridized carbons (Fsp3) is 0.250. The summed E-state index contributed by atoms with van der Waals surface area (Å²) in [4.78, 5) is 11.0. The van der Waals surface area contributed by atoms with Crippen LogP contribution in [0.25, 0.3) is 10.9 Å². The predicted octanol–water partition coefficient (Wildman–Crippen LogP) is 5.35. The van der Waals surface area contributed by atoms with Crippen molar-refractivity contribution in [2.24, 2.45) is 0 Å². The third-order valence-electron chi connectivity index (χ3n) is 6.40. The number of epoxide rings is 1. The fourth-order valence-corrected chi connectivity index (χ4v) is 4.67. The van der Waals surface area contributed by atoms with E-state index >= 15 is 0 Å². The summed E-state index contributed by atoms with van der Waals surface area (Å²) in [7, 11) is 1.59. The van der Waals surface area contributed by atoms with Crippen LogP contribution in [0.2, 0.25) is 0 Å². The number of aromatic nitrogens is 1. The Bertz CT molecular complexity index is 1480. The molecule has 0 radical (unpaired) electrons. The SMILES string of the molecule is COc1ccc(C2OC2n2c(C)c(Cc3cccc(OCC(=O)[OH2+])c3)c3cc(OC(F)(F)F)ccc32)cc1. The van der Waals surface area contributed by atoms with Crippen LogP contribution >= 0.6 is 0 Å². The van der Waals surface area contributed by atoms with Gasteiger partial charge in [0.05, 0.1) is 12.6 Å². The zero-order valence-corrected chi connectivity index (χ0v) is 20.5. The molecule has 1 aromatic heterocycles. The van der Waals surface area contributed by atoms with Crippen molar-refractivity contribution in [1.29, 1.82) is 0 Å². The lowest BCUT2D eigenvalue weighted by atomic mass is 10.0. The van der Waals surface area contributed by atoms with Crippen molar-refractivity contribution in [2.45, 2.75) is 32.0 Å². The van der Waals surface area contributed by atoms with Gasteiger partial charge in [-0.25, -0.2) is 0 Å². The number of methoxy groups -OCH3 is 1. The molecule has 7 nitrogen and oxygen atoms in total. The number of carbonyl (C=O) groups is 1. The van der Waals surface area contributed by atoms with E-state index in [1.807, 2.05) is 41.8 Å². The molecule has 198 valence electrons. The second kappa shape index (κ2) is 9.94. The standard InChI is InChI=1S/C28H24F3NO6/c1-16-22(13-17-4-3-5-20(12-17)36-15-25(33)34)23-14-21(38-28(29,30)31)10-11-24(23)32(16)27-26(37-27)18-6-8-19(35-2)9-7-18/h3-12,14,26-27H,13,15H2,1-2H3,(H,33,34)/p+1. The third-order valence-corrected chi connectivity index (χ3v) is 6.40. The highest BCUT2D eigenvalue weighted by atomic mass is 19.4. The van der Waals surface area contributed by atoms with Gasteiger partial charge >= 0.3 is 12.3 Å². The van der Waals surface area contributed by atoms with Crippen LogP contribution in [0.3, 0.4) is 0 Å². The van der Waals surface area contributed by atoms with Gasteiger partial charge < -0.3 is 28.6 Å². The highest BCUT2D eigenvalue weighted by Gasteiger charge is 2.43. The molecule has 2 unspecified atom stereocenters. The van der Waals surface area contributed by atoms with Gasteiger partial charge in [0.15, 0.2) is 6.23 Å². The van der Waals surface area contributed by atoms with Crippen molar-refractivity contribution in [2.75, 3.05) is 13.7 Å². The summed E-state index contributed by atoms with van der Waals surface area (Å²) in [5.41, 5.74) is 4.17. The molecule has 38 heavy (non-hydrogen) atoms. The molecule has 1 fully saturated rings. The monoisotopic (exact) mass is 528 g/mol. The quantitative estimate of drug-likeness (QED) is 0.216. The average molecular weight is 529 g/mol. The summed E-state index contributed by atoms with van der Waals surface area (Å²) < 4.78 is 61.7. The van der Waals surface area contributed by atoms with Gasteiger partial charge in [-0.05, 0) is 72.5 Å². The molecule has 0 bridgehead atoms. The lowest BCUT2D eigenvalue weighted by Crippen LogP contribution is -2.17. The molecule has 1 aliphatic heterocycles. The van der Waals surface area contributed by atoms with Crippen molar-refractivity contribution >= 4 is 16.9 Å². The van der Waals surface area contributed by atoms with E-state index in [1.54, 1.807) is 31.4 Å². The van der Waals surface area contributed by atoms with E-state index in [1.165, 1.54) is 12.1 Å². The highest BCUT2D eigenvalue weighted by molar-refractivity contribution is 5.87. The molecule has 2 atom stereocenters. The van der Waals surface area contributed by atoms with Gasteiger partial charge in [0.25, 0.3) is 0 Å². The maximum absolute atomic E-state index is 13.0. The largest absolute Gasteiger partial charge is 0.573 e. The third kappa shape index (κ3) is 5.40. The Balaban J connectivity index is 1.52. The van der Waals surface area contributed by atoms with E-state index in [0.29, 0.717) is 17.6 Å². The van der Waals surface area contributed by atoms with E-state index in [-0.39, 0.29) is 24.7 Å². The lowest BCUT2D eigenvalue weighted by molar-refractivity contribution is -0.274. The van der Waals surface area contributed by atoms with E-state index in [0.717, 1.165) is 33.7 Å². The Morgan fingerprint density at radius 2 is 1.76 bits per heavy atom. The molecule has 1 saturated heterocycles. The number of halogens is 3. The van der Waals surface area contributed by atoms with Crippen LogP contribution in [0.15, 0.2) is 66.7 Å². The summed E-state index contributed by atoms with van der Waals surface area (Å²) in [5, 5.41) is 7.64. The summed E-state index contributed by atoms with van der Waals surface area (Å²) in [5.74, 6) is 0.00206. The predicted molar refractivity (Wildman–Crippen MR) is 133 cm³/mol. The average Bonchev–Trinajstić information content (AvgIpc) is 3.61. The smallest absolute Gasteiger partial charge is 0.562 e. The summed E-state index contributed by atoms with van der Waals surface area (Å²) in [6.45, 7) is 1.54. The van der Waals surface area contributed by atoms with E-state index < -0.39 is 12.3 Å². The number of rotatable bonds is 9. The molecule has 3 aromatic carbocycles. The Morgan fingerprint density at radius 1 is 1.03 bits per heavy atom. The number of hydrogen-bond donors (Lipinski definition) is 0. The minimum Gasteiger partial charge on any atom is -0.562 e. The van der Waals surface area contributed by atoms with Crippen molar-refractivity contribution in [1.82, 2.24) is 4.57 Å². The van der Waals surface area contributed by atoms with Crippen LogP contribution in [0, 0.1) is 6.92 Å². The second-order valence-corrected chi connectivity index (χ2v) is 8.92. The number of fused-ring (bicyclic) bond motifs is 1. The number of hydrogen-bond acceptors (Lipinski definition) is 5. The minimum absolute atomic E-state index is 0.215. The number of alkyl halides is 3. The van der Waals surface area contributed by atoms with Crippen LogP contribution in [-0.2, 0) is 16.0 Å². The topological polar surface area (TPSA) is 85.1 Å². The highest BCUT2D eigenvalue weighted by Crippen LogP contribution is 2.51.